The Hall–Kier alpha value is -1.10. The van der Waals surface area contributed by atoms with Crippen LogP contribution in [0.25, 0.3) is 0 Å². The lowest BCUT2D eigenvalue weighted by atomic mass is 9.93. The second-order valence-corrected chi connectivity index (χ2v) is 4.74. The summed E-state index contributed by atoms with van der Waals surface area (Å²) in [6, 6.07) is 0. The number of carbonyl (C=O) groups is 2. The molecule has 0 heterocycles. The van der Waals surface area contributed by atoms with Gasteiger partial charge in [0.2, 0.25) is 11.8 Å². The highest BCUT2D eigenvalue weighted by molar-refractivity contribution is 5.90. The normalized spacial score (nSPS) is 11.4. The Morgan fingerprint density at radius 3 is 2.12 bits per heavy atom. The first-order valence-corrected chi connectivity index (χ1v) is 6.19. The molecule has 0 saturated carbocycles. The Morgan fingerprint density at radius 1 is 1.18 bits per heavy atom. The molecule has 0 radical (unpaired) electrons. The van der Waals surface area contributed by atoms with Gasteiger partial charge in [0.25, 0.3) is 0 Å². The summed E-state index contributed by atoms with van der Waals surface area (Å²) in [5, 5.41) is 5.30. The van der Waals surface area contributed by atoms with Crippen LogP contribution in [0.5, 0.6) is 0 Å². The summed E-state index contributed by atoms with van der Waals surface area (Å²) >= 11 is 0. The maximum atomic E-state index is 11.8. The number of rotatable bonds is 7. The molecule has 4 N–H and O–H groups in total. The van der Waals surface area contributed by atoms with Gasteiger partial charge in [-0.3, -0.25) is 9.59 Å². The van der Waals surface area contributed by atoms with Crippen LogP contribution in [0.4, 0.5) is 0 Å². The van der Waals surface area contributed by atoms with Crippen molar-refractivity contribution in [2.45, 2.75) is 46.1 Å². The quantitative estimate of drug-likeness (QED) is 0.605. The molecule has 0 unspecified atom stereocenters. The third-order valence-electron chi connectivity index (χ3n) is 2.83. The highest BCUT2D eigenvalue weighted by atomic mass is 16.2. The molecule has 0 fully saturated rings. The van der Waals surface area contributed by atoms with E-state index in [1.54, 1.807) is 0 Å². The Balaban J connectivity index is 4.03. The Morgan fingerprint density at radius 2 is 1.71 bits per heavy atom. The molecule has 0 spiro atoms. The number of carbonyl (C=O) groups excluding carboxylic acids is 2. The number of nitrogens with two attached hydrogens (primary N) is 1. The van der Waals surface area contributed by atoms with E-state index in [1.165, 1.54) is 0 Å². The molecule has 5 heteroatoms. The summed E-state index contributed by atoms with van der Waals surface area (Å²) in [5.41, 5.74) is 5.04. The maximum Gasteiger partial charge on any atom is 0.240 e. The number of hydrogen-bond acceptors (Lipinski definition) is 3. The predicted octanol–water partition coefficient (Wildman–Crippen LogP) is 0.392. The molecular formula is C12H25N3O2. The van der Waals surface area contributed by atoms with Crippen LogP contribution in [0.3, 0.4) is 0 Å². The highest BCUT2D eigenvalue weighted by Crippen LogP contribution is 2.10. The van der Waals surface area contributed by atoms with Crippen LogP contribution in [0.15, 0.2) is 0 Å². The molecule has 2 amide bonds. The van der Waals surface area contributed by atoms with Crippen molar-refractivity contribution in [3.63, 3.8) is 0 Å². The largest absolute Gasteiger partial charge is 0.354 e. The van der Waals surface area contributed by atoms with E-state index in [-0.39, 0.29) is 18.4 Å². The average Bonchev–Trinajstić information content (AvgIpc) is 2.32. The van der Waals surface area contributed by atoms with Gasteiger partial charge in [0, 0.05) is 6.54 Å². The fourth-order valence-electron chi connectivity index (χ4n) is 1.29. The third-order valence-corrected chi connectivity index (χ3v) is 2.83. The number of hydrogen-bond donors (Lipinski definition) is 3. The first kappa shape index (κ1) is 15.9. The summed E-state index contributed by atoms with van der Waals surface area (Å²) in [5.74, 6) is -0.0432. The number of amides is 2. The van der Waals surface area contributed by atoms with E-state index >= 15 is 0 Å². The molecule has 0 saturated heterocycles. The van der Waals surface area contributed by atoms with Crippen molar-refractivity contribution in [2.75, 3.05) is 13.1 Å². The van der Waals surface area contributed by atoms with Gasteiger partial charge in [-0.15, -0.1) is 0 Å². The zero-order valence-electron chi connectivity index (χ0n) is 11.3. The van der Waals surface area contributed by atoms with Gasteiger partial charge in [0.1, 0.15) is 0 Å². The van der Waals surface area contributed by atoms with Gasteiger partial charge in [-0.25, -0.2) is 0 Å². The molecule has 0 aliphatic heterocycles. The van der Waals surface area contributed by atoms with Crippen molar-refractivity contribution in [1.82, 2.24) is 10.6 Å². The first-order valence-electron chi connectivity index (χ1n) is 6.19. The van der Waals surface area contributed by atoms with E-state index in [1.807, 2.05) is 27.7 Å². The maximum absolute atomic E-state index is 11.8. The lowest BCUT2D eigenvalue weighted by Gasteiger charge is -2.25. The van der Waals surface area contributed by atoms with Crippen LogP contribution < -0.4 is 16.4 Å². The molecule has 0 rings (SSSR count). The van der Waals surface area contributed by atoms with Crippen LogP contribution in [0, 0.1) is 5.92 Å². The Labute approximate surface area is 104 Å². The third kappa shape index (κ3) is 5.68. The second kappa shape index (κ2) is 7.27. The van der Waals surface area contributed by atoms with Crippen LogP contribution in [0.1, 0.15) is 40.5 Å². The fourth-order valence-corrected chi connectivity index (χ4v) is 1.29. The molecule has 17 heavy (non-hydrogen) atoms. The minimum absolute atomic E-state index is 0.00942. The van der Waals surface area contributed by atoms with Crippen LogP contribution in [0.2, 0.25) is 0 Å². The summed E-state index contributed by atoms with van der Waals surface area (Å²) < 4.78 is 0. The van der Waals surface area contributed by atoms with Crippen molar-refractivity contribution < 1.29 is 9.59 Å². The summed E-state index contributed by atoms with van der Waals surface area (Å²) in [7, 11) is 0. The minimum Gasteiger partial charge on any atom is -0.354 e. The summed E-state index contributed by atoms with van der Waals surface area (Å²) in [6.45, 7) is 8.36. The van der Waals surface area contributed by atoms with Gasteiger partial charge in [-0.05, 0) is 18.8 Å². The Kier molecular flexibility index (Phi) is 6.80. The summed E-state index contributed by atoms with van der Waals surface area (Å²) in [6.07, 6.45) is 1.12. The lowest BCUT2D eigenvalue weighted by Crippen LogP contribution is -2.54. The summed E-state index contributed by atoms with van der Waals surface area (Å²) in [4.78, 5) is 23.1. The van der Waals surface area contributed by atoms with E-state index in [4.69, 9.17) is 5.73 Å². The molecule has 100 valence electrons. The number of nitrogens with one attached hydrogen (secondary N) is 2. The van der Waals surface area contributed by atoms with Gasteiger partial charge in [-0.1, -0.05) is 27.7 Å². The molecule has 0 aromatic carbocycles. The van der Waals surface area contributed by atoms with E-state index in [0.29, 0.717) is 25.3 Å². The average molecular weight is 243 g/mol. The minimum atomic E-state index is -0.863. The van der Waals surface area contributed by atoms with Crippen molar-refractivity contribution in [2.24, 2.45) is 11.7 Å². The van der Waals surface area contributed by atoms with Gasteiger partial charge < -0.3 is 16.4 Å². The molecule has 0 aromatic rings. The van der Waals surface area contributed by atoms with Gasteiger partial charge >= 0.3 is 0 Å². The lowest BCUT2D eigenvalue weighted by molar-refractivity contribution is -0.129. The zero-order valence-corrected chi connectivity index (χ0v) is 11.3. The van der Waals surface area contributed by atoms with Crippen LogP contribution >= 0.6 is 0 Å². The van der Waals surface area contributed by atoms with E-state index in [2.05, 4.69) is 10.6 Å². The second-order valence-electron chi connectivity index (χ2n) is 4.74. The molecule has 0 atom stereocenters. The highest BCUT2D eigenvalue weighted by Gasteiger charge is 2.29. The van der Waals surface area contributed by atoms with Crippen molar-refractivity contribution >= 4 is 11.8 Å². The Bertz CT molecular complexity index is 260. The van der Waals surface area contributed by atoms with Gasteiger partial charge in [-0.2, -0.15) is 0 Å². The van der Waals surface area contributed by atoms with Crippen molar-refractivity contribution in [3.8, 4) is 0 Å². The van der Waals surface area contributed by atoms with E-state index in [9.17, 15) is 9.59 Å². The smallest absolute Gasteiger partial charge is 0.240 e. The monoisotopic (exact) mass is 243 g/mol. The topological polar surface area (TPSA) is 84.2 Å². The van der Waals surface area contributed by atoms with E-state index in [0.717, 1.165) is 0 Å². The van der Waals surface area contributed by atoms with Crippen LogP contribution in [-0.4, -0.2) is 30.4 Å². The molecular weight excluding hydrogens is 218 g/mol. The van der Waals surface area contributed by atoms with Crippen molar-refractivity contribution in [3.05, 3.63) is 0 Å². The molecule has 0 aromatic heterocycles. The molecule has 0 aliphatic rings. The molecule has 0 bridgehead atoms. The molecule has 0 aliphatic carbocycles. The molecule has 5 nitrogen and oxygen atoms in total. The van der Waals surface area contributed by atoms with Gasteiger partial charge in [0.15, 0.2) is 0 Å². The van der Waals surface area contributed by atoms with E-state index < -0.39 is 5.54 Å². The van der Waals surface area contributed by atoms with Gasteiger partial charge in [0.05, 0.1) is 12.1 Å². The van der Waals surface area contributed by atoms with Crippen LogP contribution in [-0.2, 0) is 9.59 Å². The zero-order chi connectivity index (χ0) is 13.5. The fraction of sp³-hybridized carbons (Fsp3) is 0.833. The SMILES string of the molecule is CCC(N)(CC)C(=O)NCC(=O)NCC(C)C. The first-order chi connectivity index (χ1) is 7.85. The van der Waals surface area contributed by atoms with Crippen molar-refractivity contribution in [1.29, 1.82) is 0 Å². The predicted molar refractivity (Wildman–Crippen MR) is 68.4 cm³/mol. The standard InChI is InChI=1S/C12H25N3O2/c1-5-12(13,6-2)11(17)15-8-10(16)14-7-9(3)4/h9H,5-8,13H2,1-4H3,(H,14,16)(H,15,17).